The fourth-order valence-corrected chi connectivity index (χ4v) is 2.84. The maximum absolute atomic E-state index is 12.6. The Kier molecular flexibility index (Phi) is 7.81. The van der Waals surface area contributed by atoms with Gasteiger partial charge >= 0.3 is 0 Å². The smallest absolute Gasteiger partial charge is 0.241 e. The number of halogens is 1. The zero-order valence-corrected chi connectivity index (χ0v) is 16.6. The van der Waals surface area contributed by atoms with Crippen molar-refractivity contribution < 1.29 is 9.59 Å². The zero-order chi connectivity index (χ0) is 18.9. The molecule has 2 rings (SSSR count). The summed E-state index contributed by atoms with van der Waals surface area (Å²) in [7, 11) is 1.91. The number of nitrogens with one attached hydrogen (secondary N) is 2. The molecule has 138 valence electrons. The number of likely N-dealkylation sites (N-methyl/N-ethyl adjacent to an activating group) is 1. The molecule has 2 aromatic rings. The van der Waals surface area contributed by atoms with E-state index in [2.05, 4.69) is 26.6 Å². The van der Waals surface area contributed by atoms with Crippen molar-refractivity contribution >= 4 is 33.4 Å². The van der Waals surface area contributed by atoms with Crippen molar-refractivity contribution in [2.24, 2.45) is 0 Å². The Morgan fingerprint density at radius 2 is 1.73 bits per heavy atom. The lowest BCUT2D eigenvalue weighted by atomic mass is 10.0. The summed E-state index contributed by atoms with van der Waals surface area (Å²) in [5.74, 6) is -0.232. The number of rotatable bonds is 8. The zero-order valence-electron chi connectivity index (χ0n) is 15.0. The van der Waals surface area contributed by atoms with E-state index in [1.807, 2.05) is 73.5 Å². The van der Waals surface area contributed by atoms with Gasteiger partial charge in [0.2, 0.25) is 11.8 Å². The van der Waals surface area contributed by atoms with Crippen LogP contribution in [0.1, 0.15) is 24.9 Å². The fraction of sp³-hybridized carbons (Fsp3) is 0.300. The molecule has 0 fully saturated rings. The van der Waals surface area contributed by atoms with Crippen LogP contribution < -0.4 is 10.6 Å². The maximum Gasteiger partial charge on any atom is 0.241 e. The Hall–Kier alpha value is -2.18. The number of benzene rings is 2. The summed E-state index contributed by atoms with van der Waals surface area (Å²) >= 11 is 3.36. The first-order chi connectivity index (χ1) is 12.5. The SMILES string of the molecule is CCN(C)C(C(=O)NCCC(=O)Nc1ccc(Br)cc1)c1ccccc1. The van der Waals surface area contributed by atoms with Gasteiger partial charge in [0, 0.05) is 23.1 Å². The highest BCUT2D eigenvalue weighted by Crippen LogP contribution is 2.19. The molecule has 0 spiro atoms. The number of anilines is 1. The van der Waals surface area contributed by atoms with E-state index in [1.165, 1.54) is 0 Å². The summed E-state index contributed by atoms with van der Waals surface area (Å²) in [5.41, 5.74) is 1.67. The molecule has 1 atom stereocenters. The van der Waals surface area contributed by atoms with Gasteiger partial charge in [0.05, 0.1) is 0 Å². The average Bonchev–Trinajstić information content (AvgIpc) is 2.64. The second-order valence-electron chi connectivity index (χ2n) is 5.98. The first-order valence-corrected chi connectivity index (χ1v) is 9.39. The highest BCUT2D eigenvalue weighted by molar-refractivity contribution is 9.10. The van der Waals surface area contributed by atoms with Crippen molar-refractivity contribution in [1.29, 1.82) is 0 Å². The molecule has 26 heavy (non-hydrogen) atoms. The molecule has 0 aliphatic carbocycles. The van der Waals surface area contributed by atoms with E-state index in [9.17, 15) is 9.59 Å². The number of nitrogens with zero attached hydrogens (tertiary/aromatic N) is 1. The topological polar surface area (TPSA) is 61.4 Å². The number of carbonyl (C=O) groups is 2. The first-order valence-electron chi connectivity index (χ1n) is 8.59. The first kappa shape index (κ1) is 20.1. The van der Waals surface area contributed by atoms with Crippen LogP contribution in [-0.4, -0.2) is 36.9 Å². The summed E-state index contributed by atoms with van der Waals surface area (Å²) in [6.07, 6.45) is 0.221. The third kappa shape index (κ3) is 5.97. The fourth-order valence-electron chi connectivity index (χ4n) is 2.58. The van der Waals surface area contributed by atoms with E-state index in [0.29, 0.717) is 6.54 Å². The van der Waals surface area contributed by atoms with E-state index in [4.69, 9.17) is 0 Å². The normalized spacial score (nSPS) is 11.8. The van der Waals surface area contributed by atoms with E-state index < -0.39 is 0 Å². The van der Waals surface area contributed by atoms with E-state index in [0.717, 1.165) is 22.3 Å². The van der Waals surface area contributed by atoms with Gasteiger partial charge in [0.1, 0.15) is 6.04 Å². The highest BCUT2D eigenvalue weighted by atomic mass is 79.9. The van der Waals surface area contributed by atoms with Crippen LogP contribution >= 0.6 is 15.9 Å². The number of hydrogen-bond donors (Lipinski definition) is 2. The summed E-state index contributed by atoms with van der Waals surface area (Å²) < 4.78 is 0.953. The van der Waals surface area contributed by atoms with E-state index in [-0.39, 0.29) is 24.3 Å². The maximum atomic E-state index is 12.6. The quantitative estimate of drug-likeness (QED) is 0.689. The summed E-state index contributed by atoms with van der Waals surface area (Å²) in [5, 5.41) is 5.69. The van der Waals surface area contributed by atoms with Crippen LogP contribution in [0.5, 0.6) is 0 Å². The van der Waals surface area contributed by atoms with Crippen molar-refractivity contribution in [2.75, 3.05) is 25.5 Å². The van der Waals surface area contributed by atoms with Gasteiger partial charge in [-0.3, -0.25) is 14.5 Å². The molecule has 0 aliphatic rings. The predicted octanol–water partition coefficient (Wildman–Crippen LogP) is 3.59. The Bertz CT molecular complexity index is 720. The van der Waals surface area contributed by atoms with Crippen LogP contribution in [-0.2, 0) is 9.59 Å². The van der Waals surface area contributed by atoms with E-state index >= 15 is 0 Å². The third-order valence-electron chi connectivity index (χ3n) is 4.08. The van der Waals surface area contributed by atoms with Crippen LogP contribution in [0.4, 0.5) is 5.69 Å². The van der Waals surface area contributed by atoms with Crippen LogP contribution in [0.25, 0.3) is 0 Å². The average molecular weight is 418 g/mol. The molecule has 0 radical (unpaired) electrons. The summed E-state index contributed by atoms with van der Waals surface area (Å²) in [4.78, 5) is 26.6. The van der Waals surface area contributed by atoms with E-state index in [1.54, 1.807) is 0 Å². The van der Waals surface area contributed by atoms with Gasteiger partial charge in [-0.25, -0.2) is 0 Å². The minimum absolute atomic E-state index is 0.100. The minimum atomic E-state index is -0.365. The standard InChI is InChI=1S/C20H24BrN3O2/c1-3-24(2)19(15-7-5-4-6-8-15)20(26)22-14-13-18(25)23-17-11-9-16(21)10-12-17/h4-12,19H,3,13-14H2,1-2H3,(H,22,26)(H,23,25). The largest absolute Gasteiger partial charge is 0.354 e. The number of amides is 2. The molecule has 6 heteroatoms. The molecule has 0 heterocycles. The van der Waals surface area contributed by atoms with Gasteiger partial charge in [-0.1, -0.05) is 53.2 Å². The lowest BCUT2D eigenvalue weighted by Crippen LogP contribution is -2.39. The molecule has 0 aliphatic heterocycles. The van der Waals surface area contributed by atoms with Crippen molar-refractivity contribution in [3.05, 3.63) is 64.6 Å². The number of hydrogen-bond acceptors (Lipinski definition) is 3. The van der Waals surface area contributed by atoms with Gasteiger partial charge in [0.25, 0.3) is 0 Å². The Balaban J connectivity index is 1.87. The number of carbonyl (C=O) groups excluding carboxylic acids is 2. The summed E-state index contributed by atoms with van der Waals surface area (Å²) in [6, 6.07) is 16.7. The molecule has 0 aromatic heterocycles. The molecular formula is C20H24BrN3O2. The predicted molar refractivity (Wildman–Crippen MR) is 108 cm³/mol. The molecular weight excluding hydrogens is 394 g/mol. The van der Waals surface area contributed by atoms with Crippen LogP contribution in [0.15, 0.2) is 59.1 Å². The van der Waals surface area contributed by atoms with Crippen LogP contribution in [0.2, 0.25) is 0 Å². The van der Waals surface area contributed by atoms with Gasteiger partial charge in [-0.2, -0.15) is 0 Å². The molecule has 2 N–H and O–H groups in total. The van der Waals surface area contributed by atoms with Gasteiger partial charge in [0.15, 0.2) is 0 Å². The van der Waals surface area contributed by atoms with Crippen LogP contribution in [0, 0.1) is 0 Å². The third-order valence-corrected chi connectivity index (χ3v) is 4.61. The van der Waals surface area contributed by atoms with Crippen molar-refractivity contribution in [1.82, 2.24) is 10.2 Å². The van der Waals surface area contributed by atoms with Crippen molar-refractivity contribution in [3.8, 4) is 0 Å². The minimum Gasteiger partial charge on any atom is -0.354 e. The van der Waals surface area contributed by atoms with Crippen molar-refractivity contribution in [2.45, 2.75) is 19.4 Å². The molecule has 5 nitrogen and oxygen atoms in total. The monoisotopic (exact) mass is 417 g/mol. The molecule has 0 bridgehead atoms. The second kappa shape index (κ2) is 10.1. The lowest BCUT2D eigenvalue weighted by Gasteiger charge is -2.26. The summed E-state index contributed by atoms with van der Waals surface area (Å²) in [6.45, 7) is 3.05. The van der Waals surface area contributed by atoms with Crippen LogP contribution in [0.3, 0.4) is 0 Å². The molecule has 1 unspecified atom stereocenters. The highest BCUT2D eigenvalue weighted by Gasteiger charge is 2.23. The van der Waals surface area contributed by atoms with Gasteiger partial charge < -0.3 is 10.6 Å². The lowest BCUT2D eigenvalue weighted by molar-refractivity contribution is -0.126. The Morgan fingerprint density at radius 1 is 1.08 bits per heavy atom. The molecule has 0 saturated heterocycles. The Morgan fingerprint density at radius 3 is 2.35 bits per heavy atom. The molecule has 0 saturated carbocycles. The Labute approximate surface area is 162 Å². The van der Waals surface area contributed by atoms with Gasteiger partial charge in [-0.05, 0) is 43.4 Å². The van der Waals surface area contributed by atoms with Gasteiger partial charge in [-0.15, -0.1) is 0 Å². The second-order valence-corrected chi connectivity index (χ2v) is 6.90. The molecule has 2 amide bonds. The molecule has 2 aromatic carbocycles. The van der Waals surface area contributed by atoms with Crippen molar-refractivity contribution in [3.63, 3.8) is 0 Å².